The van der Waals surface area contributed by atoms with E-state index in [1.54, 1.807) is 10.8 Å². The number of allylic oxidation sites excluding steroid dienone is 1. The molecule has 0 N–H and O–H groups in total. The van der Waals surface area contributed by atoms with Crippen LogP contribution in [0, 0.1) is 25.2 Å². The average molecular weight is 238 g/mol. The van der Waals surface area contributed by atoms with E-state index >= 15 is 0 Å². The lowest BCUT2D eigenvalue weighted by atomic mass is 10.0. The number of nitriles is 1. The van der Waals surface area contributed by atoms with Gasteiger partial charge < -0.3 is 0 Å². The normalized spacial score (nSPS) is 10.1. The molecule has 0 atom stereocenters. The zero-order valence-corrected chi connectivity index (χ0v) is 10.5. The van der Waals surface area contributed by atoms with Gasteiger partial charge in [0.1, 0.15) is 11.8 Å². The van der Waals surface area contributed by atoms with Gasteiger partial charge in [0.25, 0.3) is 0 Å². The molecule has 0 aliphatic heterocycles. The Balaban J connectivity index is 2.61. The summed E-state index contributed by atoms with van der Waals surface area (Å²) in [5.41, 5.74) is 4.46. The molecule has 0 amide bonds. The first-order chi connectivity index (χ1) is 8.67. The quantitative estimate of drug-likeness (QED) is 0.772. The fourth-order valence-electron chi connectivity index (χ4n) is 1.81. The smallest absolute Gasteiger partial charge is 0.190 e. The maximum atomic E-state index is 9.09. The first kappa shape index (κ1) is 12.1. The fourth-order valence-corrected chi connectivity index (χ4v) is 1.81. The van der Waals surface area contributed by atoms with Crippen molar-refractivity contribution in [2.45, 2.75) is 20.4 Å². The molecule has 0 saturated heterocycles. The molecule has 2 aromatic rings. The number of benzene rings is 1. The summed E-state index contributed by atoms with van der Waals surface area (Å²) in [7, 11) is 0. The molecular weight excluding hydrogens is 224 g/mol. The van der Waals surface area contributed by atoms with Gasteiger partial charge in [0.2, 0.25) is 0 Å². The Morgan fingerprint density at radius 1 is 1.39 bits per heavy atom. The topological polar surface area (TPSA) is 54.5 Å². The Morgan fingerprint density at radius 2 is 2.17 bits per heavy atom. The van der Waals surface area contributed by atoms with Gasteiger partial charge in [0, 0.05) is 5.56 Å². The Bertz CT molecular complexity index is 632. The summed E-state index contributed by atoms with van der Waals surface area (Å²) in [6.45, 7) is 8.33. The minimum atomic E-state index is 0.347. The van der Waals surface area contributed by atoms with E-state index in [1.807, 2.05) is 19.1 Å². The number of hydrogen-bond acceptors (Lipinski definition) is 3. The zero-order chi connectivity index (χ0) is 13.1. The van der Waals surface area contributed by atoms with E-state index in [1.165, 1.54) is 11.1 Å². The minimum absolute atomic E-state index is 0.347. The van der Waals surface area contributed by atoms with Crippen LogP contribution in [0.1, 0.15) is 16.8 Å². The standard InChI is InChI=1S/C14H14N4/c1-4-7-18-14(13(9-15)16-17-18)12-6-5-10(2)11(3)8-12/h4-6,8H,1,7H2,2-3H3. The second kappa shape index (κ2) is 4.84. The molecule has 1 aromatic carbocycles. The van der Waals surface area contributed by atoms with Crippen molar-refractivity contribution in [2.24, 2.45) is 0 Å². The lowest BCUT2D eigenvalue weighted by Crippen LogP contribution is -2.01. The molecule has 18 heavy (non-hydrogen) atoms. The molecule has 1 aromatic heterocycles. The molecule has 0 aliphatic carbocycles. The second-order valence-corrected chi connectivity index (χ2v) is 4.17. The number of aromatic nitrogens is 3. The molecule has 2 rings (SSSR count). The van der Waals surface area contributed by atoms with Gasteiger partial charge in [0.05, 0.1) is 6.54 Å². The van der Waals surface area contributed by atoms with E-state index in [0.29, 0.717) is 12.2 Å². The SMILES string of the molecule is C=CCn1nnc(C#N)c1-c1ccc(C)c(C)c1. The van der Waals surface area contributed by atoms with Crippen LogP contribution < -0.4 is 0 Å². The van der Waals surface area contributed by atoms with Gasteiger partial charge >= 0.3 is 0 Å². The predicted molar refractivity (Wildman–Crippen MR) is 69.8 cm³/mol. The van der Waals surface area contributed by atoms with Crippen molar-refractivity contribution in [3.63, 3.8) is 0 Å². The van der Waals surface area contributed by atoms with Crippen molar-refractivity contribution in [3.8, 4) is 17.3 Å². The Labute approximate surface area is 106 Å². The van der Waals surface area contributed by atoms with Crippen molar-refractivity contribution < 1.29 is 0 Å². The van der Waals surface area contributed by atoms with Crippen LogP contribution in [-0.4, -0.2) is 15.0 Å². The summed E-state index contributed by atoms with van der Waals surface area (Å²) >= 11 is 0. The molecule has 0 bridgehead atoms. The zero-order valence-electron chi connectivity index (χ0n) is 10.5. The molecule has 1 heterocycles. The summed E-state index contributed by atoms with van der Waals surface area (Å²) in [6.07, 6.45) is 1.74. The Morgan fingerprint density at radius 3 is 2.78 bits per heavy atom. The first-order valence-corrected chi connectivity index (χ1v) is 5.69. The van der Waals surface area contributed by atoms with Gasteiger partial charge in [-0.2, -0.15) is 5.26 Å². The highest BCUT2D eigenvalue weighted by atomic mass is 15.4. The van der Waals surface area contributed by atoms with Crippen molar-refractivity contribution in [1.82, 2.24) is 15.0 Å². The van der Waals surface area contributed by atoms with E-state index in [4.69, 9.17) is 5.26 Å². The van der Waals surface area contributed by atoms with E-state index < -0.39 is 0 Å². The summed E-state index contributed by atoms with van der Waals surface area (Å²) in [6, 6.07) is 8.15. The van der Waals surface area contributed by atoms with E-state index in [-0.39, 0.29) is 0 Å². The van der Waals surface area contributed by atoms with Crippen LogP contribution in [-0.2, 0) is 6.54 Å². The molecule has 0 radical (unpaired) electrons. The fraction of sp³-hybridized carbons (Fsp3) is 0.214. The van der Waals surface area contributed by atoms with E-state index in [0.717, 1.165) is 11.3 Å². The summed E-state index contributed by atoms with van der Waals surface area (Å²) in [5, 5.41) is 17.0. The molecule has 4 heteroatoms. The first-order valence-electron chi connectivity index (χ1n) is 5.69. The maximum Gasteiger partial charge on any atom is 0.190 e. The highest BCUT2D eigenvalue weighted by molar-refractivity contribution is 5.66. The molecular formula is C14H14N4. The Hall–Kier alpha value is -2.41. The van der Waals surface area contributed by atoms with Crippen molar-refractivity contribution in [1.29, 1.82) is 5.26 Å². The lowest BCUT2D eigenvalue weighted by Gasteiger charge is -2.07. The molecule has 0 spiro atoms. The third-order valence-electron chi connectivity index (χ3n) is 2.92. The van der Waals surface area contributed by atoms with Crippen LogP contribution in [0.25, 0.3) is 11.3 Å². The average Bonchev–Trinajstić information content (AvgIpc) is 2.76. The molecule has 0 fully saturated rings. The minimum Gasteiger partial charge on any atom is -0.239 e. The largest absolute Gasteiger partial charge is 0.239 e. The van der Waals surface area contributed by atoms with Crippen molar-refractivity contribution in [2.75, 3.05) is 0 Å². The van der Waals surface area contributed by atoms with Crippen molar-refractivity contribution in [3.05, 3.63) is 47.7 Å². The summed E-state index contributed by atoms with van der Waals surface area (Å²) < 4.78 is 1.69. The van der Waals surface area contributed by atoms with Crippen LogP contribution in [0.15, 0.2) is 30.9 Å². The highest BCUT2D eigenvalue weighted by Gasteiger charge is 2.14. The lowest BCUT2D eigenvalue weighted by molar-refractivity contribution is 0.668. The van der Waals surface area contributed by atoms with E-state index in [9.17, 15) is 0 Å². The monoisotopic (exact) mass is 238 g/mol. The van der Waals surface area contributed by atoms with Crippen LogP contribution >= 0.6 is 0 Å². The van der Waals surface area contributed by atoms with Gasteiger partial charge in [-0.3, -0.25) is 0 Å². The highest BCUT2D eigenvalue weighted by Crippen LogP contribution is 2.24. The van der Waals surface area contributed by atoms with Crippen LogP contribution in [0.3, 0.4) is 0 Å². The van der Waals surface area contributed by atoms with Crippen LogP contribution in [0.4, 0.5) is 0 Å². The van der Waals surface area contributed by atoms with Crippen LogP contribution in [0.5, 0.6) is 0 Å². The summed E-state index contributed by atoms with van der Waals surface area (Å²) in [5.74, 6) is 0. The van der Waals surface area contributed by atoms with Gasteiger partial charge in [-0.25, -0.2) is 4.68 Å². The van der Waals surface area contributed by atoms with Gasteiger partial charge in [-0.05, 0) is 31.0 Å². The predicted octanol–water partition coefficient (Wildman–Crippen LogP) is 2.62. The third-order valence-corrected chi connectivity index (χ3v) is 2.92. The number of rotatable bonds is 3. The summed E-state index contributed by atoms with van der Waals surface area (Å²) in [4.78, 5) is 0. The van der Waals surface area contributed by atoms with Crippen LogP contribution in [0.2, 0.25) is 0 Å². The number of hydrogen-bond donors (Lipinski definition) is 0. The van der Waals surface area contributed by atoms with Gasteiger partial charge in [-0.15, -0.1) is 11.7 Å². The molecule has 0 unspecified atom stereocenters. The molecule has 0 aliphatic rings. The Kier molecular flexibility index (Phi) is 3.24. The number of nitrogens with zero attached hydrogens (tertiary/aromatic N) is 4. The number of aryl methyl sites for hydroxylation is 2. The van der Waals surface area contributed by atoms with Crippen molar-refractivity contribution >= 4 is 0 Å². The maximum absolute atomic E-state index is 9.09. The molecule has 90 valence electrons. The molecule has 0 saturated carbocycles. The van der Waals surface area contributed by atoms with Gasteiger partial charge in [-0.1, -0.05) is 23.4 Å². The third kappa shape index (κ3) is 2.03. The van der Waals surface area contributed by atoms with E-state index in [2.05, 4.69) is 36.0 Å². The van der Waals surface area contributed by atoms with Gasteiger partial charge in [0.15, 0.2) is 5.69 Å². The second-order valence-electron chi connectivity index (χ2n) is 4.17. The molecule has 4 nitrogen and oxygen atoms in total.